The number of benzene rings is 1. The van der Waals surface area contributed by atoms with Gasteiger partial charge < -0.3 is 20.5 Å². The number of H-pyrrole nitrogens is 1. The van der Waals surface area contributed by atoms with Gasteiger partial charge in [0.2, 0.25) is 0 Å². The van der Waals surface area contributed by atoms with E-state index in [2.05, 4.69) is 40.9 Å². The second kappa shape index (κ2) is 14.4. The standard InChI is InChI=1S/C29H38N4O4S.CHN/c1-7-10-11-19(4)18-38(36,37)22-12-13-25-23(16-22)24(28(34)32-25)17-26-20(5)27(21(6)31-26)29(35)30-14-15-33(8-2)9-3;1-2/h7,10-13,16-17,31H,8-9,14-15,18H2,1-6H3,(H,30,35)(H,32,34);1H/b10-7-,19-11+,24-17+;. The SMILES string of the molecule is C#N.C/C=C\C=C(/C)CS(=O)(=O)c1ccc2c(c1)/C(=C\c1[nH]c(C)c(C(=O)NCCN(CC)CC)c1C)C(=O)N2. The smallest absolute Gasteiger partial charge is 0.256 e. The summed E-state index contributed by atoms with van der Waals surface area (Å²) in [5.74, 6) is -0.604. The van der Waals surface area contributed by atoms with Gasteiger partial charge in [-0.1, -0.05) is 37.6 Å². The van der Waals surface area contributed by atoms with Gasteiger partial charge in [-0.3, -0.25) is 9.59 Å². The van der Waals surface area contributed by atoms with Crippen LogP contribution in [0.1, 0.15) is 60.6 Å². The monoisotopic (exact) mass is 565 g/mol. The first-order valence-electron chi connectivity index (χ1n) is 13.2. The first-order chi connectivity index (χ1) is 19.0. The van der Waals surface area contributed by atoms with E-state index in [1.807, 2.05) is 26.8 Å². The Balaban J connectivity index is 0.00000274. The van der Waals surface area contributed by atoms with Gasteiger partial charge in [-0.15, -0.1) is 0 Å². The molecule has 0 saturated heterocycles. The van der Waals surface area contributed by atoms with Gasteiger partial charge in [0.1, 0.15) is 0 Å². The number of fused-ring (bicyclic) bond motifs is 1. The fourth-order valence-corrected chi connectivity index (χ4v) is 5.99. The van der Waals surface area contributed by atoms with Crippen LogP contribution in [-0.4, -0.2) is 62.0 Å². The van der Waals surface area contributed by atoms with Gasteiger partial charge in [-0.05, 0) is 70.6 Å². The Hall–Kier alpha value is -3.94. The van der Waals surface area contributed by atoms with E-state index in [9.17, 15) is 18.0 Å². The van der Waals surface area contributed by atoms with Crippen LogP contribution in [0.2, 0.25) is 0 Å². The summed E-state index contributed by atoms with van der Waals surface area (Å²) >= 11 is 0. The molecule has 0 unspecified atom stereocenters. The molecule has 1 aromatic heterocycles. The van der Waals surface area contributed by atoms with Gasteiger partial charge in [0.05, 0.1) is 21.8 Å². The van der Waals surface area contributed by atoms with Crippen LogP contribution in [0.3, 0.4) is 0 Å². The van der Waals surface area contributed by atoms with Crippen molar-refractivity contribution in [1.82, 2.24) is 15.2 Å². The van der Waals surface area contributed by atoms with Crippen LogP contribution in [0, 0.1) is 25.7 Å². The number of nitriles is 1. The van der Waals surface area contributed by atoms with Crippen molar-refractivity contribution in [3.8, 4) is 6.57 Å². The molecular formula is C30H39N5O4S. The van der Waals surface area contributed by atoms with Gasteiger partial charge in [0.15, 0.2) is 9.84 Å². The molecule has 40 heavy (non-hydrogen) atoms. The zero-order valence-corrected chi connectivity index (χ0v) is 24.9. The number of rotatable bonds is 11. The first kappa shape index (κ1) is 32.3. The maximum Gasteiger partial charge on any atom is 0.256 e. The number of aromatic nitrogens is 1. The molecular weight excluding hydrogens is 526 g/mol. The van der Waals surface area contributed by atoms with E-state index in [1.165, 1.54) is 6.07 Å². The molecule has 0 radical (unpaired) electrons. The molecule has 2 aromatic rings. The lowest BCUT2D eigenvalue weighted by atomic mass is 10.0. The van der Waals surface area contributed by atoms with Crippen molar-refractivity contribution in [3.63, 3.8) is 0 Å². The molecule has 1 aliphatic heterocycles. The predicted octanol–water partition coefficient (Wildman–Crippen LogP) is 4.63. The lowest BCUT2D eigenvalue weighted by Crippen LogP contribution is -2.35. The minimum Gasteiger partial charge on any atom is -0.358 e. The number of nitrogens with zero attached hydrogens (tertiary/aromatic N) is 2. The third-order valence-corrected chi connectivity index (χ3v) is 8.53. The Morgan fingerprint density at radius 2 is 1.85 bits per heavy atom. The number of carbonyl (C=O) groups excluding carboxylic acids is 2. The number of likely N-dealkylation sites (N-methyl/N-ethyl adjacent to an activating group) is 1. The number of hydrogen-bond donors (Lipinski definition) is 3. The number of allylic oxidation sites excluding steroid dienone is 3. The fraction of sp³-hybridized carbons (Fsp3) is 0.367. The largest absolute Gasteiger partial charge is 0.358 e. The van der Waals surface area contributed by atoms with Gasteiger partial charge in [-0.2, -0.15) is 0 Å². The van der Waals surface area contributed by atoms with Crippen LogP contribution in [-0.2, 0) is 14.6 Å². The third-order valence-electron chi connectivity index (χ3n) is 6.72. The highest BCUT2D eigenvalue weighted by Crippen LogP contribution is 2.36. The number of carbonyl (C=O) groups is 2. The molecule has 2 heterocycles. The van der Waals surface area contributed by atoms with Crippen molar-refractivity contribution in [2.24, 2.45) is 0 Å². The van der Waals surface area contributed by atoms with Crippen molar-refractivity contribution < 1.29 is 18.0 Å². The van der Waals surface area contributed by atoms with Crippen LogP contribution in [0.15, 0.2) is 46.9 Å². The topological polar surface area (TPSA) is 135 Å². The number of anilines is 1. The van der Waals surface area contributed by atoms with E-state index in [1.54, 1.807) is 37.3 Å². The average molecular weight is 566 g/mol. The molecule has 0 bridgehead atoms. The number of amides is 2. The normalized spacial score (nSPS) is 14.3. The minimum atomic E-state index is -3.60. The Labute approximate surface area is 237 Å². The summed E-state index contributed by atoms with van der Waals surface area (Å²) in [6, 6.07) is 4.68. The number of aryl methyl sites for hydroxylation is 1. The van der Waals surface area contributed by atoms with Crippen LogP contribution in [0.25, 0.3) is 11.6 Å². The maximum atomic E-state index is 13.1. The molecule has 0 aliphatic carbocycles. The van der Waals surface area contributed by atoms with E-state index in [0.717, 1.165) is 25.2 Å². The molecule has 0 saturated carbocycles. The van der Waals surface area contributed by atoms with Crippen molar-refractivity contribution >= 4 is 39.0 Å². The van der Waals surface area contributed by atoms with Gasteiger partial charge in [-0.25, -0.2) is 13.7 Å². The fourth-order valence-electron chi connectivity index (χ4n) is 4.55. The highest BCUT2D eigenvalue weighted by molar-refractivity contribution is 7.91. The Bertz CT molecular complexity index is 1460. The molecule has 214 valence electrons. The predicted molar refractivity (Wildman–Crippen MR) is 161 cm³/mol. The lowest BCUT2D eigenvalue weighted by molar-refractivity contribution is -0.110. The molecule has 3 N–H and O–H groups in total. The molecule has 10 heteroatoms. The van der Waals surface area contributed by atoms with Crippen LogP contribution >= 0.6 is 0 Å². The summed E-state index contributed by atoms with van der Waals surface area (Å²) in [5, 5.41) is 12.3. The van der Waals surface area contributed by atoms with Crippen molar-refractivity contribution in [1.29, 1.82) is 5.26 Å². The molecule has 1 aromatic carbocycles. The molecule has 0 spiro atoms. The second-order valence-corrected chi connectivity index (χ2v) is 11.5. The van der Waals surface area contributed by atoms with Gasteiger partial charge in [0, 0.05) is 42.3 Å². The third kappa shape index (κ3) is 7.58. The van der Waals surface area contributed by atoms with E-state index < -0.39 is 9.84 Å². The molecule has 3 rings (SSSR count). The number of hydrogen-bond acceptors (Lipinski definition) is 6. The van der Waals surface area contributed by atoms with E-state index in [4.69, 9.17) is 5.26 Å². The van der Waals surface area contributed by atoms with Gasteiger partial charge in [0.25, 0.3) is 11.8 Å². The number of sulfone groups is 1. The highest BCUT2D eigenvalue weighted by Gasteiger charge is 2.28. The highest BCUT2D eigenvalue weighted by atomic mass is 32.2. The van der Waals surface area contributed by atoms with E-state index in [0.29, 0.717) is 45.9 Å². The number of nitrogens with one attached hydrogen (secondary N) is 3. The molecule has 1 aliphatic rings. The zero-order chi connectivity index (χ0) is 30.0. The van der Waals surface area contributed by atoms with E-state index in [-0.39, 0.29) is 22.5 Å². The Morgan fingerprint density at radius 1 is 1.18 bits per heavy atom. The van der Waals surface area contributed by atoms with Crippen molar-refractivity contribution in [3.05, 3.63) is 70.1 Å². The van der Waals surface area contributed by atoms with Crippen LogP contribution in [0.4, 0.5) is 5.69 Å². The van der Waals surface area contributed by atoms with Crippen molar-refractivity contribution in [2.75, 3.05) is 37.2 Å². The second-order valence-electron chi connectivity index (χ2n) is 9.46. The number of aromatic amines is 1. The maximum absolute atomic E-state index is 13.1. The van der Waals surface area contributed by atoms with Gasteiger partial charge >= 0.3 is 0 Å². The quantitative estimate of drug-likeness (QED) is 0.269. The summed E-state index contributed by atoms with van der Waals surface area (Å²) in [6.07, 6.45) is 7.10. The molecule has 0 fully saturated rings. The Kier molecular flexibility index (Phi) is 11.7. The summed E-state index contributed by atoms with van der Waals surface area (Å²) in [4.78, 5) is 31.4. The minimum absolute atomic E-state index is 0.113. The first-order valence-corrected chi connectivity index (χ1v) is 14.8. The Morgan fingerprint density at radius 3 is 2.48 bits per heavy atom. The summed E-state index contributed by atoms with van der Waals surface area (Å²) in [7, 11) is -3.60. The summed E-state index contributed by atoms with van der Waals surface area (Å²) in [6.45, 7) is 18.1. The van der Waals surface area contributed by atoms with E-state index >= 15 is 0 Å². The molecule has 0 atom stereocenters. The van der Waals surface area contributed by atoms with Crippen molar-refractivity contribution in [2.45, 2.75) is 46.4 Å². The average Bonchev–Trinajstić information content (AvgIpc) is 3.39. The lowest BCUT2D eigenvalue weighted by Gasteiger charge is -2.18. The summed E-state index contributed by atoms with van der Waals surface area (Å²) < 4.78 is 26.1. The summed E-state index contributed by atoms with van der Waals surface area (Å²) in [5.41, 5.74) is 4.74. The molecule has 2 amide bonds. The zero-order valence-electron chi connectivity index (χ0n) is 24.1. The molecule has 9 nitrogen and oxygen atoms in total. The van der Waals surface area contributed by atoms with Crippen LogP contribution in [0.5, 0.6) is 0 Å². The van der Waals surface area contributed by atoms with Crippen LogP contribution < -0.4 is 10.6 Å².